The summed E-state index contributed by atoms with van der Waals surface area (Å²) in [4.78, 5) is 22.5. The maximum atomic E-state index is 12.6. The van der Waals surface area contributed by atoms with Gasteiger partial charge < -0.3 is 20.1 Å². The molecule has 0 aromatic rings. The van der Waals surface area contributed by atoms with E-state index in [2.05, 4.69) is 13.8 Å². The number of hydrogen-bond acceptors (Lipinski definition) is 7. The summed E-state index contributed by atoms with van der Waals surface area (Å²) in [6.45, 7) is 4.30. The Morgan fingerprint density at radius 2 is 0.893 bits per heavy atom. The summed E-state index contributed by atoms with van der Waals surface area (Å²) in [6.07, 6.45) is 50.5. The summed E-state index contributed by atoms with van der Waals surface area (Å²) in [5.74, 6) is -0.345. The molecule has 8 nitrogen and oxygen atoms in total. The van der Waals surface area contributed by atoms with Crippen LogP contribution in [0.15, 0.2) is 12.3 Å². The molecular weight excluding hydrogens is 721 g/mol. The van der Waals surface area contributed by atoms with Crippen LogP contribution in [-0.4, -0.2) is 43.3 Å². The van der Waals surface area contributed by atoms with E-state index in [4.69, 9.17) is 24.3 Å². The molecule has 3 N–H and O–H groups in total. The third-order valence-corrected chi connectivity index (χ3v) is 11.8. The Labute approximate surface area is 347 Å². The predicted octanol–water partition coefficient (Wildman–Crippen LogP) is 15.0. The van der Waals surface area contributed by atoms with Gasteiger partial charge in [-0.3, -0.25) is 13.8 Å². The van der Waals surface area contributed by atoms with Crippen LogP contribution in [-0.2, 0) is 27.9 Å². The van der Waals surface area contributed by atoms with Crippen molar-refractivity contribution in [2.45, 2.75) is 258 Å². The molecule has 56 heavy (non-hydrogen) atoms. The number of carbonyl (C=O) groups excluding carboxylic acids is 1. The summed E-state index contributed by atoms with van der Waals surface area (Å²) in [5.41, 5.74) is 5.38. The second-order valence-electron chi connectivity index (χ2n) is 16.4. The lowest BCUT2D eigenvalue weighted by Crippen LogP contribution is -2.27. The van der Waals surface area contributed by atoms with Crippen LogP contribution in [0.5, 0.6) is 0 Å². The average Bonchev–Trinajstić information content (AvgIpc) is 3.19. The van der Waals surface area contributed by atoms with Crippen molar-refractivity contribution in [2.75, 3.05) is 26.4 Å². The minimum absolute atomic E-state index is 0.0390. The van der Waals surface area contributed by atoms with E-state index in [0.717, 1.165) is 32.1 Å². The van der Waals surface area contributed by atoms with Crippen LogP contribution in [0.3, 0.4) is 0 Å². The lowest BCUT2D eigenvalue weighted by molar-refractivity contribution is -0.153. The van der Waals surface area contributed by atoms with E-state index >= 15 is 0 Å². The highest BCUT2D eigenvalue weighted by molar-refractivity contribution is 7.47. The van der Waals surface area contributed by atoms with E-state index in [0.29, 0.717) is 6.42 Å². The van der Waals surface area contributed by atoms with Crippen LogP contribution >= 0.6 is 7.82 Å². The first-order valence-electron chi connectivity index (χ1n) is 24.2. The van der Waals surface area contributed by atoms with E-state index < -0.39 is 13.9 Å². The van der Waals surface area contributed by atoms with E-state index in [1.807, 2.05) is 6.08 Å². The quantitative estimate of drug-likeness (QED) is 0.0270. The van der Waals surface area contributed by atoms with Crippen LogP contribution in [0, 0.1) is 0 Å². The molecule has 0 aliphatic carbocycles. The number of rotatable bonds is 47. The minimum atomic E-state index is -4.29. The van der Waals surface area contributed by atoms with Crippen molar-refractivity contribution in [2.24, 2.45) is 5.73 Å². The minimum Gasteiger partial charge on any atom is -0.498 e. The predicted molar refractivity (Wildman–Crippen MR) is 238 cm³/mol. The van der Waals surface area contributed by atoms with E-state index in [1.54, 1.807) is 6.26 Å². The number of unbranched alkanes of at least 4 members (excludes halogenated alkanes) is 34. The molecule has 0 aromatic heterocycles. The van der Waals surface area contributed by atoms with Crippen molar-refractivity contribution in [3.8, 4) is 0 Å². The molecular formula is C47H94NO7P. The fourth-order valence-corrected chi connectivity index (χ4v) is 7.97. The van der Waals surface area contributed by atoms with Gasteiger partial charge in [-0.1, -0.05) is 226 Å². The van der Waals surface area contributed by atoms with Crippen LogP contribution in [0.25, 0.3) is 0 Å². The lowest BCUT2D eigenvalue weighted by atomic mass is 10.0. The van der Waals surface area contributed by atoms with E-state index in [1.165, 1.54) is 199 Å². The molecule has 0 aliphatic rings. The van der Waals surface area contributed by atoms with Crippen LogP contribution in [0.1, 0.15) is 251 Å². The topological polar surface area (TPSA) is 117 Å². The summed E-state index contributed by atoms with van der Waals surface area (Å²) < 4.78 is 33.3. The van der Waals surface area contributed by atoms with Crippen molar-refractivity contribution in [3.63, 3.8) is 0 Å². The smallest absolute Gasteiger partial charge is 0.472 e. The number of nitrogens with two attached hydrogens (primary N) is 1. The molecule has 0 saturated heterocycles. The molecule has 2 atom stereocenters. The number of allylic oxidation sites excluding steroid dienone is 1. The van der Waals surface area contributed by atoms with Gasteiger partial charge in [0, 0.05) is 13.0 Å². The standard InChI is InChI=1S/C47H94NO7P/c1-3-5-7-9-11-13-15-17-19-21-23-24-26-28-30-32-34-36-38-40-47(49)55-46(45-54-56(50,51)53-43-41-48)44-52-42-39-37-35-33-31-29-27-25-22-20-18-16-14-12-10-8-6-4-2/h39,42,46H,3-38,40-41,43-45,48H2,1-2H3,(H,50,51)/b42-39+/t46-/m1/s1. The highest BCUT2D eigenvalue weighted by Gasteiger charge is 2.25. The van der Waals surface area contributed by atoms with Gasteiger partial charge in [0.15, 0.2) is 6.10 Å². The molecule has 1 unspecified atom stereocenters. The SMILES string of the molecule is CCCCCCCCCCCCCCCCCC/C=C/OC[C@H](COP(=O)(O)OCCN)OC(=O)CCCCCCCCCCCCCCCCCCCCC. The third-order valence-electron chi connectivity index (χ3n) is 10.8. The first kappa shape index (κ1) is 55.1. The maximum absolute atomic E-state index is 12.6. The molecule has 0 fully saturated rings. The highest BCUT2D eigenvalue weighted by Crippen LogP contribution is 2.43. The van der Waals surface area contributed by atoms with Gasteiger partial charge in [-0.15, -0.1) is 0 Å². The van der Waals surface area contributed by atoms with Crippen molar-refractivity contribution in [1.29, 1.82) is 0 Å². The van der Waals surface area contributed by atoms with Crippen molar-refractivity contribution in [1.82, 2.24) is 0 Å². The first-order valence-corrected chi connectivity index (χ1v) is 25.7. The zero-order chi connectivity index (χ0) is 40.9. The molecule has 334 valence electrons. The van der Waals surface area contributed by atoms with E-state index in [9.17, 15) is 14.3 Å². The molecule has 0 spiro atoms. The zero-order valence-corrected chi connectivity index (χ0v) is 38.0. The maximum Gasteiger partial charge on any atom is 0.472 e. The number of phosphoric acid groups is 1. The second kappa shape index (κ2) is 45.2. The van der Waals surface area contributed by atoms with Crippen molar-refractivity contribution >= 4 is 13.8 Å². The Kier molecular flexibility index (Phi) is 44.4. The Bertz CT molecular complexity index is 873. The summed E-state index contributed by atoms with van der Waals surface area (Å²) in [7, 11) is -4.29. The Hall–Kier alpha value is -0.920. The fraction of sp³-hybridized carbons (Fsp3) is 0.936. The molecule has 0 aliphatic heterocycles. The van der Waals surface area contributed by atoms with Crippen molar-refractivity contribution in [3.05, 3.63) is 12.3 Å². The van der Waals surface area contributed by atoms with Gasteiger partial charge in [0.1, 0.15) is 6.61 Å². The van der Waals surface area contributed by atoms with Gasteiger partial charge in [-0.25, -0.2) is 4.57 Å². The number of carbonyl (C=O) groups is 1. The lowest BCUT2D eigenvalue weighted by Gasteiger charge is -2.19. The van der Waals surface area contributed by atoms with Crippen molar-refractivity contribution < 1.29 is 32.8 Å². The largest absolute Gasteiger partial charge is 0.498 e. The molecule has 9 heteroatoms. The molecule has 0 saturated carbocycles. The Morgan fingerprint density at radius 1 is 0.536 bits per heavy atom. The fourth-order valence-electron chi connectivity index (χ4n) is 7.20. The van der Waals surface area contributed by atoms with Crippen LogP contribution in [0.2, 0.25) is 0 Å². The Morgan fingerprint density at radius 3 is 1.27 bits per heavy atom. The van der Waals surface area contributed by atoms with Gasteiger partial charge in [-0.05, 0) is 25.3 Å². The number of hydrogen-bond donors (Lipinski definition) is 2. The third kappa shape index (κ3) is 44.2. The molecule has 0 heterocycles. The Balaban J connectivity index is 3.97. The second-order valence-corrected chi connectivity index (χ2v) is 17.9. The molecule has 0 bridgehead atoms. The summed E-state index contributed by atoms with van der Waals surface area (Å²) in [6, 6.07) is 0. The van der Waals surface area contributed by atoms with Crippen LogP contribution in [0.4, 0.5) is 0 Å². The van der Waals surface area contributed by atoms with Gasteiger partial charge in [0.25, 0.3) is 0 Å². The molecule has 0 aromatic carbocycles. The van der Waals surface area contributed by atoms with Gasteiger partial charge in [-0.2, -0.15) is 0 Å². The van der Waals surface area contributed by atoms with E-state index in [-0.39, 0.29) is 32.3 Å². The normalized spacial score (nSPS) is 13.4. The zero-order valence-electron chi connectivity index (χ0n) is 37.1. The molecule has 0 radical (unpaired) electrons. The van der Waals surface area contributed by atoms with Gasteiger partial charge in [0.05, 0.1) is 19.5 Å². The molecule has 0 rings (SSSR count). The molecule has 0 amide bonds. The highest BCUT2D eigenvalue weighted by atomic mass is 31.2. The number of ether oxygens (including phenoxy) is 2. The summed E-state index contributed by atoms with van der Waals surface area (Å²) in [5, 5.41) is 0. The number of esters is 1. The number of phosphoric ester groups is 1. The average molecular weight is 816 g/mol. The van der Waals surface area contributed by atoms with Gasteiger partial charge >= 0.3 is 13.8 Å². The summed E-state index contributed by atoms with van der Waals surface area (Å²) >= 11 is 0. The van der Waals surface area contributed by atoms with Crippen LogP contribution < -0.4 is 5.73 Å². The monoisotopic (exact) mass is 816 g/mol. The van der Waals surface area contributed by atoms with Gasteiger partial charge in [0.2, 0.25) is 0 Å². The first-order chi connectivity index (χ1) is 27.4.